The Morgan fingerprint density at radius 2 is 1.77 bits per heavy atom. The zero-order valence-electron chi connectivity index (χ0n) is 16.0. The van der Waals surface area contributed by atoms with Crippen LogP contribution < -0.4 is 5.32 Å². The summed E-state index contributed by atoms with van der Waals surface area (Å²) in [5.41, 5.74) is 0. The van der Waals surface area contributed by atoms with Crippen LogP contribution in [0, 0.1) is 5.92 Å². The Morgan fingerprint density at radius 1 is 1.13 bits per heavy atom. The van der Waals surface area contributed by atoms with Crippen LogP contribution in [0.15, 0.2) is 12.2 Å². The summed E-state index contributed by atoms with van der Waals surface area (Å²) in [6.07, 6.45) is 2.44. The quantitative estimate of drug-likeness (QED) is 0.229. The molecule has 0 spiro atoms. The number of ether oxygens (including phenoxy) is 2. The Kier molecular flexibility index (Phi) is 16.2. The molecule has 0 aromatic rings. The highest BCUT2D eigenvalue weighted by Gasteiger charge is 2.23. The van der Waals surface area contributed by atoms with Gasteiger partial charge in [0.25, 0.3) is 11.8 Å². The topological polar surface area (TPSA) is 141 Å². The Bertz CT molecular complexity index is 594. The molecule has 1 heterocycles. The molecule has 12 heteroatoms. The molecular weight excluding hydrogens is 419 g/mol. The summed E-state index contributed by atoms with van der Waals surface area (Å²) in [4.78, 5) is 44.5. The molecule has 2 N–H and O–H groups in total. The van der Waals surface area contributed by atoms with Crippen LogP contribution in [0.1, 0.15) is 35.1 Å². The number of hydrogen-bond donors (Lipinski definition) is 2. The van der Waals surface area contributed by atoms with Gasteiger partial charge >= 0.3 is 13.9 Å². The third-order valence-corrected chi connectivity index (χ3v) is 4.65. The molecule has 0 fully saturated rings. The van der Waals surface area contributed by atoms with Crippen molar-refractivity contribution in [2.45, 2.75) is 35.1 Å². The lowest BCUT2D eigenvalue weighted by Gasteiger charge is -2.15. The molecule has 0 saturated carbocycles. The second-order valence-corrected chi connectivity index (χ2v) is 7.40. The molecule has 30 heavy (non-hydrogen) atoms. The van der Waals surface area contributed by atoms with Gasteiger partial charge in [-0.1, -0.05) is 35.1 Å². The summed E-state index contributed by atoms with van der Waals surface area (Å²) in [6, 6.07) is 0. The Balaban J connectivity index is 0. The fourth-order valence-corrected chi connectivity index (χ4v) is 2.68. The Hall–Kier alpha value is -1.78. The van der Waals surface area contributed by atoms with E-state index in [1.54, 1.807) is 0 Å². The van der Waals surface area contributed by atoms with Gasteiger partial charge in [-0.2, -0.15) is 0 Å². The highest BCUT2D eigenvalue weighted by molar-refractivity contribution is 7.47. The van der Waals surface area contributed by atoms with Gasteiger partial charge in [0.1, 0.15) is 6.61 Å². The number of rotatable bonds is 14. The first kappa shape index (κ1) is 30.4. The lowest BCUT2D eigenvalue weighted by atomic mass is 10.1. The van der Waals surface area contributed by atoms with Gasteiger partial charge < -0.3 is 19.7 Å². The average Bonchev–Trinajstić information content (AvgIpc) is 2.97. The third kappa shape index (κ3) is 12.7. The molecule has 1 rings (SSSR count). The molecule has 0 aliphatic carbocycles. The van der Waals surface area contributed by atoms with Crippen molar-refractivity contribution in [2.24, 2.45) is 5.92 Å². The fourth-order valence-electron chi connectivity index (χ4n) is 1.84. The summed E-state index contributed by atoms with van der Waals surface area (Å²) in [5.74, 6) is -0.638. The zero-order valence-corrected chi connectivity index (χ0v) is 16.9. The number of phosphoric acid groups is 1. The summed E-state index contributed by atoms with van der Waals surface area (Å²) < 4.78 is 31.1. The van der Waals surface area contributed by atoms with Crippen LogP contribution in [0.3, 0.4) is 0 Å². The second-order valence-electron chi connectivity index (χ2n) is 5.95. The van der Waals surface area contributed by atoms with Crippen molar-refractivity contribution < 1.29 is 42.4 Å². The van der Waals surface area contributed by atoms with E-state index in [1.807, 2.05) is 13.8 Å². The van der Waals surface area contributed by atoms with Gasteiger partial charge in [-0.15, -0.1) is 0 Å². The van der Waals surface area contributed by atoms with E-state index in [0.29, 0.717) is 0 Å². The average molecular weight is 454 g/mol. The number of carbonyl (C=O) groups excluding carboxylic acids is 3. The maximum absolute atomic E-state index is 11.6. The highest BCUT2D eigenvalue weighted by Crippen LogP contribution is 2.43. The van der Waals surface area contributed by atoms with Gasteiger partial charge in [0.2, 0.25) is 0 Å². The van der Waals surface area contributed by atoms with Crippen molar-refractivity contribution in [2.75, 3.05) is 46.1 Å². The van der Waals surface area contributed by atoms with Crippen molar-refractivity contribution in [3.8, 4) is 0 Å². The SMILES string of the molecule is C.C.CCC(C)COP(=O)(O)OCCNC(=O)OCCOCCN1C(=O)C=CC1=O. The van der Waals surface area contributed by atoms with Crippen molar-refractivity contribution in [3.63, 3.8) is 0 Å². The van der Waals surface area contributed by atoms with E-state index >= 15 is 0 Å². The Morgan fingerprint density at radius 3 is 2.37 bits per heavy atom. The lowest BCUT2D eigenvalue weighted by molar-refractivity contribution is -0.137. The highest BCUT2D eigenvalue weighted by atomic mass is 31.2. The summed E-state index contributed by atoms with van der Waals surface area (Å²) >= 11 is 0. The maximum Gasteiger partial charge on any atom is 0.472 e. The minimum Gasteiger partial charge on any atom is -0.447 e. The van der Waals surface area contributed by atoms with E-state index in [0.717, 1.165) is 11.3 Å². The summed E-state index contributed by atoms with van der Waals surface area (Å²) in [5, 5.41) is 2.34. The van der Waals surface area contributed by atoms with E-state index in [-0.39, 0.29) is 78.7 Å². The number of imide groups is 1. The van der Waals surface area contributed by atoms with Crippen LogP contribution in [0.4, 0.5) is 4.79 Å². The van der Waals surface area contributed by atoms with Crippen LogP contribution >= 0.6 is 7.82 Å². The monoisotopic (exact) mass is 454 g/mol. The van der Waals surface area contributed by atoms with E-state index in [9.17, 15) is 23.8 Å². The number of nitrogens with one attached hydrogen (secondary N) is 1. The van der Waals surface area contributed by atoms with Gasteiger partial charge in [0.05, 0.1) is 33.0 Å². The van der Waals surface area contributed by atoms with E-state index < -0.39 is 13.9 Å². The first-order valence-electron chi connectivity index (χ1n) is 8.89. The van der Waals surface area contributed by atoms with Gasteiger partial charge in [-0.25, -0.2) is 9.36 Å². The molecule has 1 aliphatic rings. The zero-order chi connectivity index (χ0) is 21.0. The number of carbonyl (C=O) groups is 3. The van der Waals surface area contributed by atoms with Gasteiger partial charge in [0, 0.05) is 18.7 Å². The fraction of sp³-hybridized carbons (Fsp3) is 0.722. The van der Waals surface area contributed by atoms with Crippen molar-refractivity contribution in [1.82, 2.24) is 10.2 Å². The minimum atomic E-state index is -4.14. The van der Waals surface area contributed by atoms with Gasteiger partial charge in [-0.3, -0.25) is 23.5 Å². The molecular formula is C18H35N2O9P. The lowest BCUT2D eigenvalue weighted by Crippen LogP contribution is -2.33. The van der Waals surface area contributed by atoms with Crippen molar-refractivity contribution in [1.29, 1.82) is 0 Å². The minimum absolute atomic E-state index is 0. The second kappa shape index (κ2) is 16.0. The number of phosphoric ester groups is 1. The number of alkyl carbamates (subject to hydrolysis) is 1. The number of amides is 3. The standard InChI is InChI=1S/C16H27N2O9P.2CH4/c1-3-13(2)12-27-28(22,23)26-8-6-17-16(21)25-11-10-24-9-7-18-14(19)4-5-15(18)20;;/h4-5,13H,3,6-12H2,1-2H3,(H,17,21)(H,22,23);2*1H4. The first-order chi connectivity index (χ1) is 13.2. The van der Waals surface area contributed by atoms with Gasteiger partial charge in [0.15, 0.2) is 0 Å². The van der Waals surface area contributed by atoms with Crippen LogP contribution in [-0.2, 0) is 32.7 Å². The first-order valence-corrected chi connectivity index (χ1v) is 10.4. The van der Waals surface area contributed by atoms with Crippen LogP contribution in [0.2, 0.25) is 0 Å². The molecule has 2 unspecified atom stereocenters. The summed E-state index contributed by atoms with van der Waals surface area (Å²) in [6.45, 7) is 3.96. The van der Waals surface area contributed by atoms with Crippen molar-refractivity contribution in [3.05, 3.63) is 12.2 Å². The third-order valence-electron chi connectivity index (χ3n) is 3.67. The number of hydrogen-bond acceptors (Lipinski definition) is 8. The molecule has 0 saturated heterocycles. The summed E-state index contributed by atoms with van der Waals surface area (Å²) in [7, 11) is -4.14. The predicted molar refractivity (Wildman–Crippen MR) is 111 cm³/mol. The van der Waals surface area contributed by atoms with Gasteiger partial charge in [-0.05, 0) is 5.92 Å². The predicted octanol–water partition coefficient (Wildman–Crippen LogP) is 2.11. The van der Waals surface area contributed by atoms with Crippen LogP contribution in [0.25, 0.3) is 0 Å². The normalized spacial score (nSPS) is 15.8. The molecule has 0 radical (unpaired) electrons. The van der Waals surface area contributed by atoms with E-state index in [2.05, 4.69) is 5.32 Å². The molecule has 11 nitrogen and oxygen atoms in total. The molecule has 1 aliphatic heterocycles. The molecule has 2 atom stereocenters. The molecule has 0 aromatic heterocycles. The number of nitrogens with zero attached hydrogens (tertiary/aromatic N) is 1. The molecule has 0 aromatic carbocycles. The van der Waals surface area contributed by atoms with E-state index in [4.69, 9.17) is 18.5 Å². The molecule has 0 bridgehead atoms. The largest absolute Gasteiger partial charge is 0.472 e. The Labute approximate surface area is 178 Å². The molecule has 176 valence electrons. The smallest absolute Gasteiger partial charge is 0.447 e. The van der Waals surface area contributed by atoms with Crippen LogP contribution in [0.5, 0.6) is 0 Å². The van der Waals surface area contributed by atoms with Crippen molar-refractivity contribution >= 4 is 25.7 Å². The maximum atomic E-state index is 11.6. The van der Waals surface area contributed by atoms with Crippen LogP contribution in [-0.4, -0.2) is 73.8 Å². The van der Waals surface area contributed by atoms with E-state index in [1.165, 1.54) is 12.2 Å². The molecule has 3 amide bonds.